The molecule has 2 rings (SSSR count). The molecule has 1 radical (unpaired) electrons. The van der Waals surface area contributed by atoms with Gasteiger partial charge in [-0.2, -0.15) is 5.26 Å². The van der Waals surface area contributed by atoms with Crippen molar-refractivity contribution >= 4 is 0 Å². The molecule has 0 bridgehead atoms. The summed E-state index contributed by atoms with van der Waals surface area (Å²) in [5.41, 5.74) is 2.48. The molecule has 0 N–H and O–H groups in total. The number of nitriles is 1. The summed E-state index contributed by atoms with van der Waals surface area (Å²) >= 11 is 0. The average Bonchev–Trinajstić information content (AvgIpc) is 2.30. The van der Waals surface area contributed by atoms with Gasteiger partial charge < -0.3 is 0 Å². The van der Waals surface area contributed by atoms with Crippen LogP contribution in [0.15, 0.2) is 42.6 Å². The van der Waals surface area contributed by atoms with Gasteiger partial charge in [-0.15, -0.1) is 0 Å². The third-order valence-corrected chi connectivity index (χ3v) is 1.91. The fourth-order valence-corrected chi connectivity index (χ4v) is 1.24. The van der Waals surface area contributed by atoms with E-state index in [2.05, 4.69) is 11.1 Å². The van der Waals surface area contributed by atoms with Crippen LogP contribution in [0.25, 0.3) is 11.1 Å². The smallest absolute Gasteiger partial charge is 0.141 e. The summed E-state index contributed by atoms with van der Waals surface area (Å²) in [6.07, 6.45) is 1.64. The monoisotopic (exact) mass is 179 g/mol. The molecule has 0 unspecified atom stereocenters. The van der Waals surface area contributed by atoms with Gasteiger partial charge in [0.1, 0.15) is 11.8 Å². The summed E-state index contributed by atoms with van der Waals surface area (Å²) in [5, 5.41) is 8.69. The molecule has 0 aliphatic carbocycles. The molecule has 0 saturated heterocycles. The topological polar surface area (TPSA) is 36.7 Å². The first-order chi connectivity index (χ1) is 6.90. The zero-order valence-electron chi connectivity index (χ0n) is 7.44. The van der Waals surface area contributed by atoms with Crippen molar-refractivity contribution < 1.29 is 0 Å². The highest BCUT2D eigenvalue weighted by Crippen LogP contribution is 2.17. The molecule has 0 fully saturated rings. The number of aromatic nitrogens is 1. The molecule has 0 atom stereocenters. The van der Waals surface area contributed by atoms with Crippen LogP contribution >= 0.6 is 0 Å². The van der Waals surface area contributed by atoms with Crippen molar-refractivity contribution in [3.63, 3.8) is 0 Å². The molecule has 0 spiro atoms. The maximum absolute atomic E-state index is 8.69. The molecule has 0 aliphatic heterocycles. The van der Waals surface area contributed by atoms with Gasteiger partial charge in [-0.25, -0.2) is 4.98 Å². The second-order valence-corrected chi connectivity index (χ2v) is 2.83. The molecule has 65 valence electrons. The van der Waals surface area contributed by atoms with Gasteiger partial charge in [-0.1, -0.05) is 18.2 Å². The lowest BCUT2D eigenvalue weighted by atomic mass is 10.1. The minimum Gasteiger partial charge on any atom is -0.246 e. The first-order valence-electron chi connectivity index (χ1n) is 4.23. The molecular weight excluding hydrogens is 172 g/mol. The van der Waals surface area contributed by atoms with Crippen molar-refractivity contribution in [3.05, 3.63) is 54.4 Å². The Morgan fingerprint density at radius 3 is 2.93 bits per heavy atom. The fraction of sp³-hybridized carbons (Fsp3) is 0. The third-order valence-electron chi connectivity index (χ3n) is 1.91. The third kappa shape index (κ3) is 1.62. The Hall–Kier alpha value is -2.14. The van der Waals surface area contributed by atoms with Crippen LogP contribution < -0.4 is 0 Å². The summed E-state index contributed by atoms with van der Waals surface area (Å²) in [4.78, 5) is 3.91. The number of rotatable bonds is 1. The van der Waals surface area contributed by atoms with Gasteiger partial charge in [0.2, 0.25) is 0 Å². The van der Waals surface area contributed by atoms with Crippen LogP contribution in [0, 0.1) is 17.4 Å². The molecule has 1 heterocycles. The maximum atomic E-state index is 8.69. The second kappa shape index (κ2) is 3.71. The van der Waals surface area contributed by atoms with E-state index in [1.165, 1.54) is 0 Å². The van der Waals surface area contributed by atoms with Crippen molar-refractivity contribution in [1.82, 2.24) is 4.98 Å². The van der Waals surface area contributed by atoms with E-state index in [0.29, 0.717) is 5.69 Å². The average molecular weight is 179 g/mol. The van der Waals surface area contributed by atoms with E-state index < -0.39 is 0 Å². The highest BCUT2D eigenvalue weighted by atomic mass is 14.7. The Labute approximate surface area is 82.5 Å². The molecular formula is C12H7N2. The molecule has 0 aliphatic rings. The Morgan fingerprint density at radius 2 is 2.21 bits per heavy atom. The number of hydrogen-bond donors (Lipinski definition) is 0. The normalized spacial score (nSPS) is 9.36. The quantitative estimate of drug-likeness (QED) is 0.674. The Balaban J connectivity index is 2.49. The largest absolute Gasteiger partial charge is 0.246 e. The highest BCUT2D eigenvalue weighted by Gasteiger charge is 1.97. The minimum atomic E-state index is 0.436. The van der Waals surface area contributed by atoms with Crippen LogP contribution in [0.1, 0.15) is 5.69 Å². The molecule has 2 heteroatoms. The van der Waals surface area contributed by atoms with Gasteiger partial charge in [0.25, 0.3) is 0 Å². The number of nitrogens with zero attached hydrogens (tertiary/aromatic N) is 2. The van der Waals surface area contributed by atoms with Gasteiger partial charge >= 0.3 is 0 Å². The minimum absolute atomic E-state index is 0.436. The van der Waals surface area contributed by atoms with Crippen molar-refractivity contribution in [2.45, 2.75) is 0 Å². The zero-order chi connectivity index (χ0) is 9.80. The highest BCUT2D eigenvalue weighted by molar-refractivity contribution is 5.63. The van der Waals surface area contributed by atoms with E-state index >= 15 is 0 Å². The summed E-state index contributed by atoms with van der Waals surface area (Å²) in [6, 6.07) is 16.3. The number of hydrogen-bond acceptors (Lipinski definition) is 2. The molecule has 0 saturated carbocycles. The molecule has 2 nitrogen and oxygen atoms in total. The van der Waals surface area contributed by atoms with Gasteiger partial charge in [0.05, 0.1) is 0 Å². The lowest BCUT2D eigenvalue weighted by Crippen LogP contribution is -1.83. The van der Waals surface area contributed by atoms with Gasteiger partial charge in [-0.3, -0.25) is 0 Å². The van der Waals surface area contributed by atoms with Crippen LogP contribution in [0.4, 0.5) is 0 Å². The van der Waals surface area contributed by atoms with Gasteiger partial charge in [-0.05, 0) is 35.4 Å². The predicted octanol–water partition coefficient (Wildman–Crippen LogP) is 2.42. The molecule has 1 aromatic carbocycles. The first kappa shape index (κ1) is 8.46. The molecule has 0 amide bonds. The predicted molar refractivity (Wildman–Crippen MR) is 53.2 cm³/mol. The van der Waals surface area contributed by atoms with Crippen LogP contribution in [0.5, 0.6) is 0 Å². The van der Waals surface area contributed by atoms with Gasteiger partial charge in [0.15, 0.2) is 0 Å². The second-order valence-electron chi connectivity index (χ2n) is 2.83. The van der Waals surface area contributed by atoms with E-state index in [1.54, 1.807) is 12.3 Å². The Kier molecular flexibility index (Phi) is 2.24. The van der Waals surface area contributed by atoms with Crippen molar-refractivity contribution in [1.29, 1.82) is 5.26 Å². The summed E-state index contributed by atoms with van der Waals surface area (Å²) in [6.45, 7) is 0. The summed E-state index contributed by atoms with van der Waals surface area (Å²) in [7, 11) is 0. The SMILES string of the molecule is N#Cc1cc(-c2c[c]ccc2)ccn1. The standard InChI is InChI=1S/C12H7N2/c13-9-12-8-11(6-7-14-12)10-4-2-1-3-5-10/h1-2,4-8H. The maximum Gasteiger partial charge on any atom is 0.141 e. The molecule has 1 aromatic heterocycles. The molecule has 14 heavy (non-hydrogen) atoms. The number of benzene rings is 1. The van der Waals surface area contributed by atoms with Crippen molar-refractivity contribution in [2.24, 2.45) is 0 Å². The van der Waals surface area contributed by atoms with E-state index in [-0.39, 0.29) is 0 Å². The van der Waals surface area contributed by atoms with E-state index in [1.807, 2.05) is 36.4 Å². The van der Waals surface area contributed by atoms with Gasteiger partial charge in [0, 0.05) is 6.20 Å². The lowest BCUT2D eigenvalue weighted by molar-refractivity contribution is 1.26. The Morgan fingerprint density at radius 1 is 1.29 bits per heavy atom. The summed E-state index contributed by atoms with van der Waals surface area (Å²) in [5.74, 6) is 0. The zero-order valence-corrected chi connectivity index (χ0v) is 7.44. The van der Waals surface area contributed by atoms with Crippen molar-refractivity contribution in [2.75, 3.05) is 0 Å². The van der Waals surface area contributed by atoms with Crippen LogP contribution in [0.2, 0.25) is 0 Å². The number of pyridine rings is 1. The fourth-order valence-electron chi connectivity index (χ4n) is 1.24. The van der Waals surface area contributed by atoms with E-state index in [4.69, 9.17) is 5.26 Å². The van der Waals surface area contributed by atoms with E-state index in [9.17, 15) is 0 Å². The van der Waals surface area contributed by atoms with Crippen molar-refractivity contribution in [3.8, 4) is 17.2 Å². The Bertz CT molecular complexity index is 469. The first-order valence-corrected chi connectivity index (χ1v) is 4.23. The molecule has 2 aromatic rings. The lowest BCUT2D eigenvalue weighted by Gasteiger charge is -1.99. The summed E-state index contributed by atoms with van der Waals surface area (Å²) < 4.78 is 0. The van der Waals surface area contributed by atoms with Crippen LogP contribution in [-0.4, -0.2) is 4.98 Å². The van der Waals surface area contributed by atoms with Crippen LogP contribution in [-0.2, 0) is 0 Å². The van der Waals surface area contributed by atoms with Crippen LogP contribution in [0.3, 0.4) is 0 Å². The van der Waals surface area contributed by atoms with E-state index in [0.717, 1.165) is 11.1 Å².